The van der Waals surface area contributed by atoms with Gasteiger partial charge in [-0.3, -0.25) is 4.79 Å². The molecule has 0 aliphatic carbocycles. The molecule has 0 aliphatic heterocycles. The van der Waals surface area contributed by atoms with E-state index in [2.05, 4.69) is 15.2 Å². The fourth-order valence-electron chi connectivity index (χ4n) is 1.78. The number of rotatable bonds is 7. The van der Waals surface area contributed by atoms with E-state index >= 15 is 0 Å². The summed E-state index contributed by atoms with van der Waals surface area (Å²) in [5, 5.41) is 12.5. The summed E-state index contributed by atoms with van der Waals surface area (Å²) in [6.45, 7) is -0.505. The smallest absolute Gasteiger partial charge is 0.335 e. The van der Waals surface area contributed by atoms with E-state index in [0.29, 0.717) is 0 Å². The summed E-state index contributed by atoms with van der Waals surface area (Å²) < 4.78 is 26.2. The van der Waals surface area contributed by atoms with Crippen LogP contribution in [0.15, 0.2) is 64.6 Å². The molecular formula is C16H15N3O5S. The maximum Gasteiger partial charge on any atom is 0.335 e. The lowest BCUT2D eigenvalue weighted by molar-refractivity contribution is -0.119. The number of benzene rings is 2. The van der Waals surface area contributed by atoms with Crippen molar-refractivity contribution in [2.24, 2.45) is 5.10 Å². The van der Waals surface area contributed by atoms with E-state index < -0.39 is 28.4 Å². The van der Waals surface area contributed by atoms with Crippen LogP contribution in [0.25, 0.3) is 0 Å². The first kappa shape index (κ1) is 18.3. The summed E-state index contributed by atoms with van der Waals surface area (Å²) in [5.74, 6) is -1.80. The minimum atomic E-state index is -3.93. The van der Waals surface area contributed by atoms with Gasteiger partial charge in [0.05, 0.1) is 23.2 Å². The fourth-order valence-corrected chi connectivity index (χ4v) is 2.76. The molecule has 0 aliphatic rings. The van der Waals surface area contributed by atoms with Crippen LogP contribution in [0.5, 0.6) is 0 Å². The van der Waals surface area contributed by atoms with Gasteiger partial charge in [-0.1, -0.05) is 30.3 Å². The van der Waals surface area contributed by atoms with Gasteiger partial charge in [-0.05, 0) is 29.8 Å². The highest BCUT2D eigenvalue weighted by Crippen LogP contribution is 2.10. The monoisotopic (exact) mass is 361 g/mol. The third-order valence-electron chi connectivity index (χ3n) is 3.04. The molecule has 0 radical (unpaired) electrons. The summed E-state index contributed by atoms with van der Waals surface area (Å²) in [5.41, 5.74) is 2.95. The molecule has 8 nitrogen and oxygen atoms in total. The standard InChI is InChI=1S/C16H15N3O5S/c20-15(19-17-10-12-4-2-1-3-5-12)11-18-25(23,24)14-8-6-13(7-9-14)16(21)22/h1-10,18H,11H2,(H,19,20)(H,21,22). The summed E-state index contributed by atoms with van der Waals surface area (Å²) in [6.07, 6.45) is 1.43. The highest BCUT2D eigenvalue weighted by atomic mass is 32.2. The van der Waals surface area contributed by atoms with Crippen molar-refractivity contribution in [2.75, 3.05) is 6.54 Å². The lowest BCUT2D eigenvalue weighted by Gasteiger charge is -2.06. The first-order valence-corrected chi connectivity index (χ1v) is 8.57. The molecule has 0 bridgehead atoms. The molecule has 0 atom stereocenters. The molecule has 3 N–H and O–H groups in total. The molecule has 0 aromatic heterocycles. The van der Waals surface area contributed by atoms with Gasteiger partial charge in [0.2, 0.25) is 10.0 Å². The Morgan fingerprint density at radius 2 is 1.68 bits per heavy atom. The largest absolute Gasteiger partial charge is 0.478 e. The Morgan fingerprint density at radius 1 is 1.04 bits per heavy atom. The van der Waals surface area contributed by atoms with Crippen LogP contribution < -0.4 is 10.1 Å². The predicted molar refractivity (Wildman–Crippen MR) is 90.8 cm³/mol. The second kappa shape index (κ2) is 8.18. The van der Waals surface area contributed by atoms with Crippen LogP contribution in [0, 0.1) is 0 Å². The number of carboxylic acid groups (broad SMARTS) is 1. The second-order valence-electron chi connectivity index (χ2n) is 4.86. The van der Waals surface area contributed by atoms with Crippen molar-refractivity contribution in [1.82, 2.24) is 10.1 Å². The maximum absolute atomic E-state index is 12.0. The zero-order chi connectivity index (χ0) is 18.3. The van der Waals surface area contributed by atoms with Crippen molar-refractivity contribution in [1.29, 1.82) is 0 Å². The number of carbonyl (C=O) groups is 2. The lowest BCUT2D eigenvalue weighted by Crippen LogP contribution is -2.34. The lowest BCUT2D eigenvalue weighted by atomic mass is 10.2. The van der Waals surface area contributed by atoms with Crippen LogP contribution >= 0.6 is 0 Å². The highest BCUT2D eigenvalue weighted by Gasteiger charge is 2.16. The number of hydrogen-bond acceptors (Lipinski definition) is 5. The summed E-state index contributed by atoms with van der Waals surface area (Å²) in [4.78, 5) is 22.2. The van der Waals surface area contributed by atoms with E-state index in [9.17, 15) is 18.0 Å². The van der Waals surface area contributed by atoms with Crippen LogP contribution in [0.4, 0.5) is 0 Å². The maximum atomic E-state index is 12.0. The molecule has 2 aromatic carbocycles. The average molecular weight is 361 g/mol. The van der Waals surface area contributed by atoms with Crippen LogP contribution in [0.3, 0.4) is 0 Å². The molecule has 0 spiro atoms. The molecule has 2 aromatic rings. The summed E-state index contributed by atoms with van der Waals surface area (Å²) >= 11 is 0. The van der Waals surface area contributed by atoms with Gasteiger partial charge in [-0.2, -0.15) is 5.10 Å². The Hall–Kier alpha value is -3.04. The van der Waals surface area contributed by atoms with E-state index in [1.165, 1.54) is 18.3 Å². The topological polar surface area (TPSA) is 125 Å². The molecule has 0 fully saturated rings. The van der Waals surface area contributed by atoms with E-state index in [4.69, 9.17) is 5.11 Å². The minimum Gasteiger partial charge on any atom is -0.478 e. The minimum absolute atomic E-state index is 0.0352. The number of nitrogens with one attached hydrogen (secondary N) is 2. The highest BCUT2D eigenvalue weighted by molar-refractivity contribution is 7.89. The molecular weight excluding hydrogens is 346 g/mol. The number of carbonyl (C=O) groups excluding carboxylic acids is 1. The number of aromatic carboxylic acids is 1. The molecule has 0 unspecified atom stereocenters. The fraction of sp³-hybridized carbons (Fsp3) is 0.0625. The third-order valence-corrected chi connectivity index (χ3v) is 4.45. The number of hydrogen-bond donors (Lipinski definition) is 3. The molecule has 0 heterocycles. The van der Waals surface area contributed by atoms with Crippen LogP contribution in [-0.2, 0) is 14.8 Å². The molecule has 130 valence electrons. The van der Waals surface area contributed by atoms with Gasteiger partial charge >= 0.3 is 5.97 Å². The number of nitrogens with zero attached hydrogens (tertiary/aromatic N) is 1. The van der Waals surface area contributed by atoms with Crippen LogP contribution in [0.2, 0.25) is 0 Å². The molecule has 1 amide bonds. The summed E-state index contributed by atoms with van der Waals surface area (Å²) in [7, 11) is -3.93. The average Bonchev–Trinajstić information content (AvgIpc) is 2.61. The molecule has 2 rings (SSSR count). The zero-order valence-electron chi connectivity index (χ0n) is 12.9. The molecule has 0 saturated carbocycles. The van der Waals surface area contributed by atoms with Crippen LogP contribution in [0.1, 0.15) is 15.9 Å². The van der Waals surface area contributed by atoms with Gasteiger partial charge < -0.3 is 5.11 Å². The quantitative estimate of drug-likeness (QED) is 0.497. The first-order valence-electron chi connectivity index (χ1n) is 7.08. The number of hydrazone groups is 1. The van der Waals surface area contributed by atoms with Gasteiger partial charge in [0.15, 0.2) is 0 Å². The molecule has 25 heavy (non-hydrogen) atoms. The predicted octanol–water partition coefficient (Wildman–Crippen LogP) is 0.813. The first-order chi connectivity index (χ1) is 11.9. The zero-order valence-corrected chi connectivity index (χ0v) is 13.7. The number of amides is 1. The number of carboxylic acids is 1. The van der Waals surface area contributed by atoms with Gasteiger partial charge in [0, 0.05) is 0 Å². The van der Waals surface area contributed by atoms with Crippen molar-refractivity contribution in [2.45, 2.75) is 4.90 Å². The molecule has 0 saturated heterocycles. The Morgan fingerprint density at radius 3 is 2.28 bits per heavy atom. The second-order valence-corrected chi connectivity index (χ2v) is 6.62. The SMILES string of the molecule is O=C(CNS(=O)(=O)c1ccc(C(=O)O)cc1)NN=Cc1ccccc1. The van der Waals surface area contributed by atoms with Crippen molar-refractivity contribution in [3.05, 3.63) is 65.7 Å². The Labute approximate surface area is 144 Å². The van der Waals surface area contributed by atoms with Gasteiger partial charge in [0.1, 0.15) is 0 Å². The van der Waals surface area contributed by atoms with E-state index in [1.807, 2.05) is 18.2 Å². The van der Waals surface area contributed by atoms with E-state index in [0.717, 1.165) is 17.7 Å². The van der Waals surface area contributed by atoms with Crippen molar-refractivity contribution in [3.63, 3.8) is 0 Å². The Balaban J connectivity index is 1.89. The van der Waals surface area contributed by atoms with Crippen molar-refractivity contribution in [3.8, 4) is 0 Å². The normalized spacial score (nSPS) is 11.4. The van der Waals surface area contributed by atoms with Gasteiger partial charge in [0.25, 0.3) is 5.91 Å². The number of sulfonamides is 1. The molecule has 9 heteroatoms. The third kappa shape index (κ3) is 5.52. The van der Waals surface area contributed by atoms with E-state index in [1.54, 1.807) is 12.1 Å². The van der Waals surface area contributed by atoms with Crippen molar-refractivity contribution >= 4 is 28.1 Å². The Bertz CT molecular complexity index is 878. The Kier molecular flexibility index (Phi) is 5.98. The van der Waals surface area contributed by atoms with Crippen molar-refractivity contribution < 1.29 is 23.1 Å². The van der Waals surface area contributed by atoms with E-state index in [-0.39, 0.29) is 10.5 Å². The van der Waals surface area contributed by atoms with Crippen LogP contribution in [-0.4, -0.2) is 38.2 Å². The van der Waals surface area contributed by atoms with Gasteiger partial charge in [-0.25, -0.2) is 23.4 Å². The van der Waals surface area contributed by atoms with Gasteiger partial charge in [-0.15, -0.1) is 0 Å². The summed E-state index contributed by atoms with van der Waals surface area (Å²) in [6, 6.07) is 13.7.